The van der Waals surface area contributed by atoms with Crippen molar-refractivity contribution in [2.75, 3.05) is 6.61 Å². The molecule has 1 aliphatic rings. The lowest BCUT2D eigenvalue weighted by molar-refractivity contribution is 0.184. The molecule has 1 rings (SSSR count). The van der Waals surface area contributed by atoms with Crippen molar-refractivity contribution in [3.05, 3.63) is 0 Å². The highest BCUT2D eigenvalue weighted by molar-refractivity contribution is 5.06. The van der Waals surface area contributed by atoms with E-state index in [9.17, 15) is 0 Å². The maximum Gasteiger partial charge on any atom is 0.0445 e. The highest BCUT2D eigenvalue weighted by Gasteiger charge is 2.28. The number of hydrogen-bond acceptors (Lipinski definition) is 1. The van der Waals surface area contributed by atoms with E-state index >= 15 is 0 Å². The fourth-order valence-corrected chi connectivity index (χ4v) is 1.91. The maximum atomic E-state index is 8.82. The Morgan fingerprint density at radius 3 is 2.36 bits per heavy atom. The van der Waals surface area contributed by atoms with Crippen molar-refractivity contribution >= 4 is 0 Å². The number of hydrogen-bond donors (Lipinski definition) is 1. The van der Waals surface area contributed by atoms with Crippen molar-refractivity contribution < 1.29 is 5.11 Å². The second-order valence-corrected chi connectivity index (χ2v) is 3.46. The third-order valence-corrected chi connectivity index (χ3v) is 2.71. The molecule has 1 saturated carbocycles. The van der Waals surface area contributed by atoms with E-state index in [0.29, 0.717) is 0 Å². The summed E-state index contributed by atoms with van der Waals surface area (Å²) >= 11 is 0. The average molecular weight is 152 g/mol. The van der Waals surface area contributed by atoms with Crippen LogP contribution in [-0.4, -0.2) is 11.7 Å². The van der Waals surface area contributed by atoms with E-state index in [4.69, 9.17) is 11.5 Å². The molecule has 1 heteroatoms. The van der Waals surface area contributed by atoms with Gasteiger partial charge in [-0.05, 0) is 19.3 Å². The van der Waals surface area contributed by atoms with Crippen LogP contribution in [0.5, 0.6) is 0 Å². The summed E-state index contributed by atoms with van der Waals surface area (Å²) in [5.74, 6) is 2.86. The molecule has 0 aromatic heterocycles. The zero-order valence-corrected chi connectivity index (χ0v) is 6.97. The van der Waals surface area contributed by atoms with Crippen molar-refractivity contribution in [1.82, 2.24) is 0 Å². The Labute approximate surface area is 68.8 Å². The van der Waals surface area contributed by atoms with Gasteiger partial charge in [0.05, 0.1) is 0 Å². The number of aliphatic hydroxyl groups is 1. The van der Waals surface area contributed by atoms with Crippen molar-refractivity contribution in [3.63, 3.8) is 0 Å². The van der Waals surface area contributed by atoms with Crippen LogP contribution in [0.3, 0.4) is 0 Å². The predicted octanol–water partition coefficient (Wildman–Crippen LogP) is 1.95. The van der Waals surface area contributed by atoms with E-state index < -0.39 is 0 Å². The van der Waals surface area contributed by atoms with Gasteiger partial charge in [-0.1, -0.05) is 25.2 Å². The molecule has 0 amide bonds. The zero-order chi connectivity index (χ0) is 8.16. The fourth-order valence-electron chi connectivity index (χ4n) is 1.91. The zero-order valence-electron chi connectivity index (χ0n) is 6.97. The molecule has 0 unspecified atom stereocenters. The lowest BCUT2D eigenvalue weighted by atomic mass is 9.73. The van der Waals surface area contributed by atoms with Gasteiger partial charge in [0.1, 0.15) is 0 Å². The summed E-state index contributed by atoms with van der Waals surface area (Å²) in [6.45, 7) is 0.240. The van der Waals surface area contributed by atoms with Crippen molar-refractivity contribution in [2.45, 2.75) is 38.5 Å². The quantitative estimate of drug-likeness (QED) is 0.600. The first kappa shape index (κ1) is 8.62. The van der Waals surface area contributed by atoms with Gasteiger partial charge in [0.2, 0.25) is 0 Å². The summed E-state index contributed by atoms with van der Waals surface area (Å²) in [5, 5.41) is 8.82. The molecule has 1 fully saturated rings. The largest absolute Gasteiger partial charge is 0.396 e. The van der Waals surface area contributed by atoms with Gasteiger partial charge in [-0.15, -0.1) is 6.42 Å². The molecule has 0 aromatic rings. The Morgan fingerprint density at radius 2 is 1.91 bits per heavy atom. The Bertz CT molecular complexity index is 143. The van der Waals surface area contributed by atoms with Crippen LogP contribution in [0, 0.1) is 17.8 Å². The average Bonchev–Trinajstić information content (AvgIpc) is 2.07. The SMILES string of the molecule is C#CC1(CCO)CCCCC1. The van der Waals surface area contributed by atoms with Gasteiger partial charge in [0.15, 0.2) is 0 Å². The van der Waals surface area contributed by atoms with Crippen LogP contribution in [-0.2, 0) is 0 Å². The van der Waals surface area contributed by atoms with Crippen LogP contribution in [0.1, 0.15) is 38.5 Å². The van der Waals surface area contributed by atoms with Gasteiger partial charge < -0.3 is 5.11 Å². The highest BCUT2D eigenvalue weighted by atomic mass is 16.3. The molecule has 0 saturated heterocycles. The van der Waals surface area contributed by atoms with Crippen LogP contribution in [0.2, 0.25) is 0 Å². The molecule has 1 nitrogen and oxygen atoms in total. The predicted molar refractivity (Wildman–Crippen MR) is 46.1 cm³/mol. The summed E-state index contributed by atoms with van der Waals surface area (Å²) in [7, 11) is 0. The monoisotopic (exact) mass is 152 g/mol. The lowest BCUT2D eigenvalue weighted by Crippen LogP contribution is -2.23. The summed E-state index contributed by atoms with van der Waals surface area (Å²) in [6, 6.07) is 0. The van der Waals surface area contributed by atoms with Gasteiger partial charge >= 0.3 is 0 Å². The molecule has 0 aromatic carbocycles. The molecule has 0 heterocycles. The number of aliphatic hydroxyl groups excluding tert-OH is 1. The van der Waals surface area contributed by atoms with Gasteiger partial charge in [0.25, 0.3) is 0 Å². The van der Waals surface area contributed by atoms with Crippen molar-refractivity contribution in [1.29, 1.82) is 0 Å². The smallest absolute Gasteiger partial charge is 0.0445 e. The summed E-state index contributed by atoms with van der Waals surface area (Å²) < 4.78 is 0. The van der Waals surface area contributed by atoms with Crippen LogP contribution < -0.4 is 0 Å². The molecule has 0 spiro atoms. The minimum atomic E-state index is 0.0486. The first-order chi connectivity index (χ1) is 5.33. The van der Waals surface area contributed by atoms with Gasteiger partial charge in [-0.25, -0.2) is 0 Å². The summed E-state index contributed by atoms with van der Waals surface area (Å²) in [4.78, 5) is 0. The summed E-state index contributed by atoms with van der Waals surface area (Å²) in [6.07, 6.45) is 12.3. The van der Waals surface area contributed by atoms with Crippen LogP contribution in [0.4, 0.5) is 0 Å². The fraction of sp³-hybridized carbons (Fsp3) is 0.800. The molecule has 11 heavy (non-hydrogen) atoms. The van der Waals surface area contributed by atoms with E-state index in [2.05, 4.69) is 5.92 Å². The molecule has 0 aliphatic heterocycles. The maximum absolute atomic E-state index is 8.82. The Morgan fingerprint density at radius 1 is 1.27 bits per heavy atom. The second-order valence-electron chi connectivity index (χ2n) is 3.46. The Kier molecular flexibility index (Phi) is 2.96. The number of rotatable bonds is 2. The minimum Gasteiger partial charge on any atom is -0.396 e. The standard InChI is InChI=1S/C10H16O/c1-2-10(8-9-11)6-4-3-5-7-10/h1,11H,3-9H2. The molecule has 0 radical (unpaired) electrons. The minimum absolute atomic E-state index is 0.0486. The second kappa shape index (κ2) is 3.78. The van der Waals surface area contributed by atoms with E-state index in [1.165, 1.54) is 19.3 Å². The van der Waals surface area contributed by atoms with Crippen molar-refractivity contribution in [2.24, 2.45) is 5.41 Å². The third kappa shape index (κ3) is 1.97. The molecule has 1 aliphatic carbocycles. The van der Waals surface area contributed by atoms with Gasteiger partial charge in [0, 0.05) is 12.0 Å². The molecule has 62 valence electrons. The molecular formula is C10H16O. The third-order valence-electron chi connectivity index (χ3n) is 2.71. The Hall–Kier alpha value is -0.480. The van der Waals surface area contributed by atoms with E-state index in [1.807, 2.05) is 0 Å². The van der Waals surface area contributed by atoms with Crippen LogP contribution in [0.25, 0.3) is 0 Å². The van der Waals surface area contributed by atoms with Crippen LogP contribution in [0.15, 0.2) is 0 Å². The molecule has 0 atom stereocenters. The number of terminal acetylenes is 1. The normalized spacial score (nSPS) is 22.5. The van der Waals surface area contributed by atoms with Gasteiger partial charge in [-0.2, -0.15) is 0 Å². The van der Waals surface area contributed by atoms with Crippen LogP contribution >= 0.6 is 0 Å². The topological polar surface area (TPSA) is 20.2 Å². The summed E-state index contributed by atoms with van der Waals surface area (Å²) in [5.41, 5.74) is 0.0486. The van der Waals surface area contributed by atoms with Gasteiger partial charge in [-0.3, -0.25) is 0 Å². The molecule has 0 bridgehead atoms. The first-order valence-electron chi connectivity index (χ1n) is 4.42. The highest BCUT2D eigenvalue weighted by Crippen LogP contribution is 2.38. The van der Waals surface area contributed by atoms with E-state index in [1.54, 1.807) is 0 Å². The first-order valence-corrected chi connectivity index (χ1v) is 4.42. The lowest BCUT2D eigenvalue weighted by Gasteiger charge is -2.31. The van der Waals surface area contributed by atoms with Crippen molar-refractivity contribution in [3.8, 4) is 12.3 Å². The van der Waals surface area contributed by atoms with E-state index in [0.717, 1.165) is 19.3 Å². The Balaban J connectivity index is 2.51. The van der Waals surface area contributed by atoms with E-state index in [-0.39, 0.29) is 12.0 Å². The molecule has 1 N–H and O–H groups in total. The molecular weight excluding hydrogens is 136 g/mol.